The molecule has 0 radical (unpaired) electrons. The summed E-state index contributed by atoms with van der Waals surface area (Å²) in [5.74, 6) is 0. The Morgan fingerprint density at radius 3 is 1.94 bits per heavy atom. The van der Waals surface area contributed by atoms with Gasteiger partial charge in [0.05, 0.1) is 5.41 Å². The fraction of sp³-hybridized carbons (Fsp3) is 0.538. The highest BCUT2D eigenvalue weighted by atomic mass is 19.4. The Hall–Kier alpha value is -0.990. The Balaban J connectivity index is 3.16. The molecule has 3 heteroatoms. The maximum Gasteiger partial charge on any atom is 0.398 e. The molecule has 0 aliphatic rings. The Morgan fingerprint density at radius 2 is 1.56 bits per heavy atom. The predicted octanol–water partition coefficient (Wildman–Crippen LogP) is 4.62. The number of aryl methyl sites for hydroxylation is 1. The molecule has 0 saturated carbocycles. The second-order valence-electron chi connectivity index (χ2n) is 4.45. The summed E-state index contributed by atoms with van der Waals surface area (Å²) in [6.45, 7) is 4.92. The van der Waals surface area contributed by atoms with Gasteiger partial charge in [0.2, 0.25) is 0 Å². The van der Waals surface area contributed by atoms with E-state index in [9.17, 15) is 13.2 Å². The van der Waals surface area contributed by atoms with Gasteiger partial charge in [0.25, 0.3) is 0 Å². The van der Waals surface area contributed by atoms with Crippen molar-refractivity contribution < 1.29 is 13.2 Å². The number of halogens is 3. The molecule has 0 aromatic heterocycles. The lowest BCUT2D eigenvalue weighted by Gasteiger charge is -2.32. The SMILES string of the molecule is CCCC(C)(c1ccc(C)cc1)C(F)(F)F. The van der Waals surface area contributed by atoms with Crippen LogP contribution in [0.2, 0.25) is 0 Å². The van der Waals surface area contributed by atoms with Gasteiger partial charge in [0, 0.05) is 0 Å². The van der Waals surface area contributed by atoms with Crippen LogP contribution in [0.3, 0.4) is 0 Å². The highest BCUT2D eigenvalue weighted by molar-refractivity contribution is 5.29. The fourth-order valence-corrected chi connectivity index (χ4v) is 1.87. The molecule has 0 bridgehead atoms. The van der Waals surface area contributed by atoms with Crippen molar-refractivity contribution in [3.05, 3.63) is 35.4 Å². The van der Waals surface area contributed by atoms with E-state index in [1.165, 1.54) is 6.92 Å². The molecule has 0 nitrogen and oxygen atoms in total. The maximum absolute atomic E-state index is 13.1. The predicted molar refractivity (Wildman–Crippen MR) is 59.5 cm³/mol. The van der Waals surface area contributed by atoms with Crippen molar-refractivity contribution in [2.75, 3.05) is 0 Å². The molecule has 0 spiro atoms. The van der Waals surface area contributed by atoms with Gasteiger partial charge in [-0.1, -0.05) is 43.2 Å². The Morgan fingerprint density at radius 1 is 1.06 bits per heavy atom. The third kappa shape index (κ3) is 2.39. The van der Waals surface area contributed by atoms with Gasteiger partial charge in [0.1, 0.15) is 0 Å². The monoisotopic (exact) mass is 230 g/mol. The van der Waals surface area contributed by atoms with Crippen molar-refractivity contribution in [3.8, 4) is 0 Å². The lowest BCUT2D eigenvalue weighted by atomic mass is 9.78. The van der Waals surface area contributed by atoms with Gasteiger partial charge in [-0.2, -0.15) is 13.2 Å². The summed E-state index contributed by atoms with van der Waals surface area (Å²) in [4.78, 5) is 0. The molecule has 0 saturated heterocycles. The summed E-state index contributed by atoms with van der Waals surface area (Å²) in [5, 5.41) is 0. The first-order valence-electron chi connectivity index (χ1n) is 5.45. The molecule has 1 unspecified atom stereocenters. The molecule has 1 rings (SSSR count). The van der Waals surface area contributed by atoms with Crippen molar-refractivity contribution in [1.29, 1.82) is 0 Å². The largest absolute Gasteiger partial charge is 0.398 e. The van der Waals surface area contributed by atoms with Crippen LogP contribution in [-0.2, 0) is 5.41 Å². The van der Waals surface area contributed by atoms with Crippen LogP contribution in [0.5, 0.6) is 0 Å². The van der Waals surface area contributed by atoms with Gasteiger partial charge >= 0.3 is 6.18 Å². The summed E-state index contributed by atoms with van der Waals surface area (Å²) in [5.41, 5.74) is -0.396. The van der Waals surface area contributed by atoms with Crippen molar-refractivity contribution in [2.45, 2.75) is 45.2 Å². The zero-order valence-electron chi connectivity index (χ0n) is 9.86. The molecule has 1 atom stereocenters. The standard InChI is InChI=1S/C13H17F3/c1-4-9-12(3,13(14,15)16)11-7-5-10(2)6-8-11/h5-8H,4,9H2,1-3H3. The minimum absolute atomic E-state index is 0.125. The van der Waals surface area contributed by atoms with E-state index in [-0.39, 0.29) is 6.42 Å². The molecule has 0 aliphatic heterocycles. The van der Waals surface area contributed by atoms with E-state index in [1.54, 1.807) is 31.2 Å². The van der Waals surface area contributed by atoms with Gasteiger partial charge < -0.3 is 0 Å². The lowest BCUT2D eigenvalue weighted by Crippen LogP contribution is -2.39. The van der Waals surface area contributed by atoms with E-state index in [2.05, 4.69) is 0 Å². The second kappa shape index (κ2) is 4.48. The van der Waals surface area contributed by atoms with Crippen LogP contribution < -0.4 is 0 Å². The quantitative estimate of drug-likeness (QED) is 0.711. The minimum atomic E-state index is -4.20. The summed E-state index contributed by atoms with van der Waals surface area (Å²) in [6.07, 6.45) is -3.55. The Bertz CT molecular complexity index is 337. The lowest BCUT2D eigenvalue weighted by molar-refractivity contribution is -0.187. The van der Waals surface area contributed by atoms with Crippen LogP contribution in [0, 0.1) is 6.92 Å². The van der Waals surface area contributed by atoms with Gasteiger partial charge in [0.15, 0.2) is 0 Å². The summed E-state index contributed by atoms with van der Waals surface area (Å²) in [7, 11) is 0. The first-order valence-corrected chi connectivity index (χ1v) is 5.45. The van der Waals surface area contributed by atoms with E-state index in [1.807, 2.05) is 6.92 Å². The Kier molecular flexibility index (Phi) is 3.66. The molecule has 90 valence electrons. The van der Waals surface area contributed by atoms with E-state index >= 15 is 0 Å². The van der Waals surface area contributed by atoms with E-state index in [0.717, 1.165) is 5.56 Å². The van der Waals surface area contributed by atoms with Gasteiger partial charge in [-0.3, -0.25) is 0 Å². The first kappa shape index (κ1) is 13.1. The summed E-state index contributed by atoms with van der Waals surface area (Å²) in [6, 6.07) is 6.63. The van der Waals surface area contributed by atoms with Crippen molar-refractivity contribution in [1.82, 2.24) is 0 Å². The fourth-order valence-electron chi connectivity index (χ4n) is 1.87. The van der Waals surface area contributed by atoms with Crippen molar-refractivity contribution >= 4 is 0 Å². The molecule has 0 aliphatic carbocycles. The van der Waals surface area contributed by atoms with Crippen LogP contribution in [0.1, 0.15) is 37.8 Å². The molecule has 0 fully saturated rings. The molecule has 1 aromatic carbocycles. The Labute approximate surface area is 94.5 Å². The smallest absolute Gasteiger partial charge is 0.170 e. The van der Waals surface area contributed by atoms with Crippen molar-refractivity contribution in [3.63, 3.8) is 0 Å². The number of rotatable bonds is 3. The van der Waals surface area contributed by atoms with Crippen LogP contribution in [-0.4, -0.2) is 6.18 Å². The molecule has 0 heterocycles. The first-order chi connectivity index (χ1) is 7.31. The van der Waals surface area contributed by atoms with E-state index in [4.69, 9.17) is 0 Å². The molecule has 1 aromatic rings. The second-order valence-corrected chi connectivity index (χ2v) is 4.45. The van der Waals surface area contributed by atoms with Gasteiger partial charge in [-0.05, 0) is 25.8 Å². The molecular formula is C13H17F3. The highest BCUT2D eigenvalue weighted by Gasteiger charge is 2.51. The van der Waals surface area contributed by atoms with Gasteiger partial charge in [-0.15, -0.1) is 0 Å². The van der Waals surface area contributed by atoms with Crippen LogP contribution in [0.4, 0.5) is 13.2 Å². The van der Waals surface area contributed by atoms with E-state index < -0.39 is 11.6 Å². The normalized spacial score (nSPS) is 15.9. The third-order valence-electron chi connectivity index (χ3n) is 3.06. The average molecular weight is 230 g/mol. The molecular weight excluding hydrogens is 213 g/mol. The highest BCUT2D eigenvalue weighted by Crippen LogP contribution is 2.44. The summed E-state index contributed by atoms with van der Waals surface area (Å²) < 4.78 is 39.2. The zero-order valence-corrected chi connectivity index (χ0v) is 9.86. The summed E-state index contributed by atoms with van der Waals surface area (Å²) >= 11 is 0. The average Bonchev–Trinajstić information content (AvgIpc) is 2.17. The van der Waals surface area contributed by atoms with Crippen LogP contribution in [0.25, 0.3) is 0 Å². The topological polar surface area (TPSA) is 0 Å². The number of alkyl halides is 3. The van der Waals surface area contributed by atoms with Crippen LogP contribution in [0.15, 0.2) is 24.3 Å². The number of hydrogen-bond acceptors (Lipinski definition) is 0. The molecule has 0 amide bonds. The third-order valence-corrected chi connectivity index (χ3v) is 3.06. The minimum Gasteiger partial charge on any atom is -0.170 e. The number of hydrogen-bond donors (Lipinski definition) is 0. The molecule has 0 N–H and O–H groups in total. The maximum atomic E-state index is 13.1. The zero-order chi connectivity index (χ0) is 12.4. The van der Waals surface area contributed by atoms with Gasteiger partial charge in [-0.25, -0.2) is 0 Å². The van der Waals surface area contributed by atoms with Crippen LogP contribution >= 0.6 is 0 Å². The van der Waals surface area contributed by atoms with Crippen molar-refractivity contribution in [2.24, 2.45) is 0 Å². The number of benzene rings is 1. The van der Waals surface area contributed by atoms with E-state index in [0.29, 0.717) is 12.0 Å². The molecule has 16 heavy (non-hydrogen) atoms.